The third-order valence-electron chi connectivity index (χ3n) is 18.3. The first-order valence-electron chi connectivity index (χ1n) is 40.7. The number of unbranched alkanes of at least 4 members (excludes halogenated alkanes) is 6. The molecule has 1 unspecified atom stereocenters. The Kier molecular flexibility index (Phi) is 52.0. The van der Waals surface area contributed by atoms with Crippen molar-refractivity contribution in [3.05, 3.63) is 332 Å². The minimum atomic E-state index is -0.523. The van der Waals surface area contributed by atoms with Gasteiger partial charge in [-0.3, -0.25) is 24.2 Å². The molecule has 0 saturated heterocycles. The summed E-state index contributed by atoms with van der Waals surface area (Å²) in [5, 5.41) is 6.67. The van der Waals surface area contributed by atoms with E-state index in [0.29, 0.717) is 104 Å². The first-order chi connectivity index (χ1) is 59.8. The number of carbonyl (C=O) groups is 2. The summed E-state index contributed by atoms with van der Waals surface area (Å²) < 4.78 is 11.6. The van der Waals surface area contributed by atoms with Crippen LogP contribution in [0.2, 0.25) is 71.1 Å². The standard InChI is InChI=1S/C14H24NO.C13H20Cl2NO.C12H8Cl2NO2.C12H14Cl2NO2.C12H16Cl2NO.C12H10Cl2NO.C11H8Cl2NO.C6H6Cl2NO/c1-4-6-7-14(5-2)12-16-15-10-8-13(3)9-11-15;1-2-3-4-5-6-7-8-17-16-10-12(14)9-13(15)11-16;13-10-7-4-8-11(14)15(10)17-12(16)9-5-2-1-3-6-9;13-10-6-7-15(11(14)8-10)17-12(16)9-4-2-1-3-5-9;13-11-7-4-8-12(14)15(11)16-9-10-5-2-1-3-6-10;13-11-6-12(14)8-15(7-11)16-9-10-4-2-1-3-5-10;12-9-6-7-11(13)14(8-9)15-10-4-2-1-3-5-10;1-10-9-3-5(7)2-6(8)4-9/h8-11,14H,4-7,12H2,1-3H3;9-11H,2-8H2,1H3;1-8H;6-9H,1-5H2;4,7-8,10H,1-3,5-6,9H2;1-8H,9H2;1-8H;2-4H,1H3/q8*+1. The van der Waals surface area contributed by atoms with E-state index in [1.807, 2.05) is 89.9 Å². The van der Waals surface area contributed by atoms with Gasteiger partial charge < -0.3 is 0 Å². The second kappa shape index (κ2) is 61.2. The molecule has 0 amide bonds. The maximum absolute atomic E-state index is 11.9. The normalized spacial score (nSPS) is 12.2. The van der Waals surface area contributed by atoms with Crippen LogP contribution >= 0.6 is 162 Å². The van der Waals surface area contributed by atoms with Crippen LogP contribution in [0.15, 0.2) is 244 Å². The fraction of sp³-hybridized carbons (Fsp3) is 0.348. The van der Waals surface area contributed by atoms with Gasteiger partial charge in [-0.05, 0) is 212 Å². The lowest BCUT2D eigenvalue weighted by Gasteiger charge is -2.19. The molecule has 0 radical (unpaired) electrons. The number of carbonyl (C=O) groups excluding carboxylic acids is 2. The first-order valence-corrected chi connectivity index (χ1v) is 46.0. The Morgan fingerprint density at radius 3 is 1.44 bits per heavy atom. The molecule has 0 N–H and O–H groups in total. The van der Waals surface area contributed by atoms with Gasteiger partial charge in [-0.1, -0.05) is 257 Å². The molecule has 0 aliphatic heterocycles. The van der Waals surface area contributed by atoms with Gasteiger partial charge in [-0.15, -0.1) is 0 Å². The number of para-hydroxylation sites is 1. The van der Waals surface area contributed by atoms with Crippen molar-refractivity contribution in [1.29, 1.82) is 0 Å². The third kappa shape index (κ3) is 43.4. The topological polar surface area (TPSA) is 139 Å². The Balaban J connectivity index is 0.000000220. The van der Waals surface area contributed by atoms with E-state index in [1.54, 1.807) is 145 Å². The van der Waals surface area contributed by atoms with Gasteiger partial charge in [0, 0.05) is 87.7 Å². The molecule has 13 rings (SSSR count). The highest BCUT2D eigenvalue weighted by Gasteiger charge is 2.29. The summed E-state index contributed by atoms with van der Waals surface area (Å²) in [7, 11) is 1.53. The van der Waals surface area contributed by atoms with Gasteiger partial charge in [0.25, 0.3) is 0 Å². The summed E-state index contributed by atoms with van der Waals surface area (Å²) in [5.74, 6) is 1.31. The predicted molar refractivity (Wildman–Crippen MR) is 493 cm³/mol. The molecule has 0 spiro atoms. The van der Waals surface area contributed by atoms with Gasteiger partial charge in [0.15, 0.2) is 26.4 Å². The molecule has 8 aromatic heterocycles. The van der Waals surface area contributed by atoms with E-state index in [1.165, 1.54) is 139 Å². The Morgan fingerprint density at radius 1 is 0.403 bits per heavy atom. The fourth-order valence-corrected chi connectivity index (χ4v) is 14.7. The van der Waals surface area contributed by atoms with E-state index in [2.05, 4.69) is 39.8 Å². The molecule has 1 atom stereocenters. The molecule has 2 aliphatic rings. The Morgan fingerprint density at radius 2 is 0.903 bits per heavy atom. The monoisotopic (exact) mass is 1970 g/mol. The van der Waals surface area contributed by atoms with E-state index >= 15 is 0 Å². The highest BCUT2D eigenvalue weighted by atomic mass is 35.5. The van der Waals surface area contributed by atoms with Crippen molar-refractivity contribution in [3.63, 3.8) is 0 Å². The Hall–Kier alpha value is -7.34. The zero-order chi connectivity index (χ0) is 89.8. The number of aromatic nitrogens is 8. The summed E-state index contributed by atoms with van der Waals surface area (Å²) in [4.78, 5) is 66.7. The second-order valence-electron chi connectivity index (χ2n) is 28.2. The van der Waals surface area contributed by atoms with Crippen LogP contribution < -0.4 is 76.5 Å². The molecule has 8 heterocycles. The Labute approximate surface area is 798 Å². The molecular weight excluding hydrogens is 1870 g/mol. The molecule has 32 heteroatoms. The minimum absolute atomic E-state index is 0.00277. The van der Waals surface area contributed by atoms with E-state index in [0.717, 1.165) is 49.0 Å². The number of nitrogens with zero attached hydrogens (tertiary/aromatic N) is 8. The van der Waals surface area contributed by atoms with Crippen molar-refractivity contribution >= 4 is 174 Å². The summed E-state index contributed by atoms with van der Waals surface area (Å²) in [5.41, 5.74) is 2.78. The van der Waals surface area contributed by atoms with Crippen molar-refractivity contribution in [2.75, 3.05) is 26.9 Å². The number of aryl methyl sites for hydroxylation is 1. The van der Waals surface area contributed by atoms with Crippen LogP contribution in [-0.4, -0.2) is 38.9 Å². The molecule has 2 aliphatic carbocycles. The average Bonchev–Trinajstić information content (AvgIpc) is 0.859. The lowest BCUT2D eigenvalue weighted by atomic mass is 9.89. The number of hydrogen-bond donors (Lipinski definition) is 0. The number of rotatable bonds is 28. The first kappa shape index (κ1) is 105. The summed E-state index contributed by atoms with van der Waals surface area (Å²) >= 11 is 81.9. The largest absolute Gasteiger partial charge is 0.411 e. The molecular formula is C92H106Cl14N8O10+8. The Bertz CT molecular complexity index is 4810. The minimum Gasteiger partial charge on any atom is -0.275 e. The highest BCUT2D eigenvalue weighted by Crippen LogP contribution is 2.26. The molecule has 124 heavy (non-hydrogen) atoms. The zero-order valence-electron chi connectivity index (χ0n) is 69.7. The predicted octanol–water partition coefficient (Wildman–Crippen LogP) is 23.0. The van der Waals surface area contributed by atoms with Crippen LogP contribution in [0.1, 0.15) is 171 Å². The molecule has 11 aromatic rings. The van der Waals surface area contributed by atoms with E-state index < -0.39 is 5.97 Å². The van der Waals surface area contributed by atoms with Crippen molar-refractivity contribution in [2.45, 2.75) is 163 Å². The lowest BCUT2D eigenvalue weighted by Crippen LogP contribution is -2.48. The van der Waals surface area contributed by atoms with Gasteiger partial charge in [-0.25, -0.2) is 14.4 Å². The van der Waals surface area contributed by atoms with Crippen LogP contribution in [0.5, 0.6) is 5.75 Å². The fourth-order valence-electron chi connectivity index (χ4n) is 11.6. The summed E-state index contributed by atoms with van der Waals surface area (Å²) in [6.45, 7) is 11.5. The van der Waals surface area contributed by atoms with Gasteiger partial charge >= 0.3 is 42.9 Å². The molecule has 0 bridgehead atoms. The zero-order valence-corrected chi connectivity index (χ0v) is 80.3. The van der Waals surface area contributed by atoms with Crippen molar-refractivity contribution in [2.24, 2.45) is 17.8 Å². The number of pyridine rings is 8. The van der Waals surface area contributed by atoms with E-state index in [4.69, 9.17) is 201 Å². The van der Waals surface area contributed by atoms with Crippen LogP contribution in [0.4, 0.5) is 0 Å². The SMILES string of the molecule is CCCCC(CC)CO[n+]1ccc(C)cc1.CCCCCCCCO[n+]1cc(Cl)cc(Cl)c1.CO[n+]1cc(Cl)cc(Cl)c1.Clc1cc(Cl)c[n+](OCc2ccccc2)c1.Clc1ccc(Cl)[n+](Oc2ccccc2)c1.Clc1cccc(Cl)[n+]1OCC1CCCCC1.O=C(O[n+]1c(Cl)cccc1Cl)c1ccccc1.O=C(O[n+]1ccc(Cl)cc1Cl)C1CCCCC1. The number of hydrogen-bond acceptors (Lipinski definition) is 10. The van der Waals surface area contributed by atoms with Gasteiger partial charge in [0.1, 0.15) is 42.3 Å². The third-order valence-corrected chi connectivity index (χ3v) is 21.7. The van der Waals surface area contributed by atoms with Crippen LogP contribution in [-0.2, 0) is 11.4 Å². The number of benzene rings is 3. The molecule has 18 nitrogen and oxygen atoms in total. The van der Waals surface area contributed by atoms with Crippen LogP contribution in [0, 0.1) is 24.7 Å². The van der Waals surface area contributed by atoms with Gasteiger partial charge in [0.05, 0.1) is 21.2 Å². The van der Waals surface area contributed by atoms with Gasteiger partial charge in [-0.2, -0.15) is 9.68 Å². The van der Waals surface area contributed by atoms with Crippen LogP contribution in [0.25, 0.3) is 0 Å². The summed E-state index contributed by atoms with van der Waals surface area (Å²) in [6, 6.07) is 53.7. The second-order valence-corrected chi connectivity index (χ2v) is 34.0. The van der Waals surface area contributed by atoms with Crippen molar-refractivity contribution < 1.29 is 86.1 Å². The van der Waals surface area contributed by atoms with E-state index in [-0.39, 0.29) is 22.2 Å². The molecule has 2 fully saturated rings. The molecule has 3 aromatic carbocycles. The van der Waals surface area contributed by atoms with E-state index in [9.17, 15) is 9.59 Å². The lowest BCUT2D eigenvalue weighted by molar-refractivity contribution is -0.895. The quantitative estimate of drug-likeness (QED) is 0.0264. The maximum atomic E-state index is 11.9. The average molecular weight is 1980 g/mol. The van der Waals surface area contributed by atoms with Crippen molar-refractivity contribution in [1.82, 2.24) is 0 Å². The van der Waals surface area contributed by atoms with Crippen LogP contribution in [0.3, 0.4) is 0 Å². The van der Waals surface area contributed by atoms with Gasteiger partial charge in [0.2, 0.25) is 67.7 Å². The molecule has 2 saturated carbocycles. The van der Waals surface area contributed by atoms with Crippen molar-refractivity contribution in [3.8, 4) is 5.75 Å². The highest BCUT2D eigenvalue weighted by molar-refractivity contribution is 6.36. The smallest absolute Gasteiger partial charge is 0.275 e. The molecule has 664 valence electrons. The number of halogens is 14. The summed E-state index contributed by atoms with van der Waals surface area (Å²) in [6.07, 6.45) is 41.4. The maximum Gasteiger partial charge on any atom is 0.411 e.